The van der Waals surface area contributed by atoms with Gasteiger partial charge in [0, 0.05) is 34.2 Å². The first-order valence-corrected chi connectivity index (χ1v) is 9.01. The molecular weight excluding hydrogens is 372 g/mol. The highest BCUT2D eigenvalue weighted by atomic mass is 79.9. The van der Waals surface area contributed by atoms with E-state index in [2.05, 4.69) is 37.6 Å². The molecule has 0 bridgehead atoms. The molecule has 0 atom stereocenters. The Morgan fingerprint density at radius 2 is 2.19 bits per heavy atom. The van der Waals surface area contributed by atoms with Gasteiger partial charge in [0.1, 0.15) is 0 Å². The van der Waals surface area contributed by atoms with Crippen molar-refractivity contribution in [2.24, 2.45) is 5.92 Å². The normalized spacial score (nSPS) is 15.8. The third kappa shape index (κ3) is 6.27. The van der Waals surface area contributed by atoms with Crippen LogP contribution >= 0.6 is 39.7 Å². The van der Waals surface area contributed by atoms with Crippen LogP contribution in [0.5, 0.6) is 0 Å². The lowest BCUT2D eigenvalue weighted by molar-refractivity contribution is -0.132. The van der Waals surface area contributed by atoms with Gasteiger partial charge in [0.2, 0.25) is 5.91 Å². The monoisotopic (exact) mass is 394 g/mol. The van der Waals surface area contributed by atoms with E-state index in [1.54, 1.807) is 11.3 Å². The van der Waals surface area contributed by atoms with Gasteiger partial charge in [-0.15, -0.1) is 23.7 Å². The van der Waals surface area contributed by atoms with Gasteiger partial charge in [0.15, 0.2) is 0 Å². The highest BCUT2D eigenvalue weighted by molar-refractivity contribution is 9.10. The fraction of sp³-hybridized carbons (Fsp3) is 0.667. The van der Waals surface area contributed by atoms with Crippen LogP contribution in [0.4, 0.5) is 0 Å². The number of thiophene rings is 1. The van der Waals surface area contributed by atoms with E-state index >= 15 is 0 Å². The minimum atomic E-state index is 0. The molecule has 1 aliphatic heterocycles. The molecule has 120 valence electrons. The molecule has 6 heteroatoms. The number of carbonyl (C=O) groups is 1. The van der Waals surface area contributed by atoms with Gasteiger partial charge in [0.05, 0.1) is 0 Å². The van der Waals surface area contributed by atoms with E-state index in [1.165, 1.54) is 11.3 Å². The summed E-state index contributed by atoms with van der Waals surface area (Å²) in [5.74, 6) is 1.11. The van der Waals surface area contributed by atoms with Crippen molar-refractivity contribution in [2.75, 3.05) is 26.7 Å². The van der Waals surface area contributed by atoms with Crippen LogP contribution in [0.3, 0.4) is 0 Å². The Morgan fingerprint density at radius 3 is 2.76 bits per heavy atom. The predicted molar refractivity (Wildman–Crippen MR) is 95.4 cm³/mol. The van der Waals surface area contributed by atoms with Gasteiger partial charge in [-0.05, 0) is 67.2 Å². The number of halogens is 2. The number of carbonyl (C=O) groups excluding carboxylic acids is 1. The number of piperidine rings is 1. The molecule has 1 saturated heterocycles. The van der Waals surface area contributed by atoms with Crippen LogP contribution in [0, 0.1) is 5.92 Å². The summed E-state index contributed by atoms with van der Waals surface area (Å²) >= 11 is 5.18. The van der Waals surface area contributed by atoms with Gasteiger partial charge in [-0.2, -0.15) is 0 Å². The summed E-state index contributed by atoms with van der Waals surface area (Å²) < 4.78 is 1.12. The molecule has 1 aromatic rings. The second-order valence-electron chi connectivity index (χ2n) is 5.45. The first-order valence-electron chi connectivity index (χ1n) is 7.34. The van der Waals surface area contributed by atoms with E-state index in [4.69, 9.17) is 0 Å². The summed E-state index contributed by atoms with van der Waals surface area (Å²) in [7, 11) is 2.00. The third-order valence-corrected chi connectivity index (χ3v) is 5.73. The van der Waals surface area contributed by atoms with Crippen molar-refractivity contribution in [2.45, 2.75) is 32.1 Å². The summed E-state index contributed by atoms with van der Waals surface area (Å²) in [6, 6.07) is 2.11. The van der Waals surface area contributed by atoms with Gasteiger partial charge >= 0.3 is 0 Å². The topological polar surface area (TPSA) is 32.3 Å². The smallest absolute Gasteiger partial charge is 0.222 e. The van der Waals surface area contributed by atoms with Gasteiger partial charge in [-0.25, -0.2) is 0 Å². The van der Waals surface area contributed by atoms with Crippen molar-refractivity contribution < 1.29 is 4.79 Å². The molecule has 0 aromatic carbocycles. The summed E-state index contributed by atoms with van der Waals surface area (Å²) in [6.45, 7) is 2.98. The Morgan fingerprint density at radius 1 is 1.48 bits per heavy atom. The molecule has 21 heavy (non-hydrogen) atoms. The maximum absolute atomic E-state index is 12.2. The number of hydrogen-bond donors (Lipinski definition) is 1. The fourth-order valence-electron chi connectivity index (χ4n) is 2.69. The molecular formula is C15H24BrClN2OS. The predicted octanol–water partition coefficient (Wildman–Crippen LogP) is 3.71. The second-order valence-corrected chi connectivity index (χ2v) is 7.36. The molecule has 1 amide bonds. The van der Waals surface area contributed by atoms with Crippen molar-refractivity contribution in [3.8, 4) is 0 Å². The van der Waals surface area contributed by atoms with Gasteiger partial charge in [0.25, 0.3) is 0 Å². The van der Waals surface area contributed by atoms with Gasteiger partial charge < -0.3 is 10.2 Å². The van der Waals surface area contributed by atoms with E-state index in [0.29, 0.717) is 12.3 Å². The average Bonchev–Trinajstić information content (AvgIpc) is 2.89. The van der Waals surface area contributed by atoms with Crippen molar-refractivity contribution >= 4 is 45.6 Å². The number of nitrogens with zero attached hydrogens (tertiary/aromatic N) is 1. The fourth-order valence-corrected chi connectivity index (χ4v) is 4.15. The molecule has 0 spiro atoms. The molecule has 3 nitrogen and oxygen atoms in total. The molecule has 0 aliphatic carbocycles. The molecule has 0 unspecified atom stereocenters. The Bertz CT molecular complexity index is 433. The van der Waals surface area contributed by atoms with E-state index in [9.17, 15) is 4.79 Å². The first-order chi connectivity index (χ1) is 9.69. The number of aryl methyl sites for hydroxylation is 1. The summed E-state index contributed by atoms with van der Waals surface area (Å²) in [4.78, 5) is 15.5. The average molecular weight is 396 g/mol. The Kier molecular flexibility index (Phi) is 8.86. The lowest BCUT2D eigenvalue weighted by Crippen LogP contribution is -2.39. The van der Waals surface area contributed by atoms with Crippen LogP contribution in [0.2, 0.25) is 0 Å². The highest BCUT2D eigenvalue weighted by Crippen LogP contribution is 2.23. The van der Waals surface area contributed by atoms with Crippen molar-refractivity contribution in [3.63, 3.8) is 0 Å². The zero-order valence-corrected chi connectivity index (χ0v) is 15.7. The lowest BCUT2D eigenvalue weighted by Gasteiger charge is -2.32. The minimum Gasteiger partial charge on any atom is -0.343 e. The number of nitrogens with one attached hydrogen (secondary N) is 1. The first kappa shape index (κ1) is 18.9. The number of rotatable bonds is 6. The SMILES string of the molecule is CNCCC1CCN(C(=O)CCc2cc(Br)cs2)CC1.Cl. The molecule has 2 rings (SSSR count). The van der Waals surface area contributed by atoms with Crippen LogP contribution in [0.1, 0.15) is 30.6 Å². The molecule has 0 saturated carbocycles. The zero-order chi connectivity index (χ0) is 14.4. The Labute approximate surface area is 146 Å². The molecule has 1 fully saturated rings. The molecule has 2 heterocycles. The van der Waals surface area contributed by atoms with E-state index < -0.39 is 0 Å². The van der Waals surface area contributed by atoms with E-state index in [-0.39, 0.29) is 12.4 Å². The number of hydrogen-bond acceptors (Lipinski definition) is 3. The Hall–Kier alpha value is -0.100. The molecule has 1 aromatic heterocycles. The summed E-state index contributed by atoms with van der Waals surface area (Å²) in [5, 5.41) is 5.28. The largest absolute Gasteiger partial charge is 0.343 e. The summed E-state index contributed by atoms with van der Waals surface area (Å²) in [5.41, 5.74) is 0. The summed E-state index contributed by atoms with van der Waals surface area (Å²) in [6.07, 6.45) is 5.08. The maximum atomic E-state index is 12.2. The van der Waals surface area contributed by atoms with Crippen LogP contribution in [0.25, 0.3) is 0 Å². The quantitative estimate of drug-likeness (QED) is 0.796. The molecule has 1 aliphatic rings. The zero-order valence-electron chi connectivity index (χ0n) is 12.4. The van der Waals surface area contributed by atoms with Gasteiger partial charge in [-0.3, -0.25) is 4.79 Å². The van der Waals surface area contributed by atoms with Crippen molar-refractivity contribution in [1.82, 2.24) is 10.2 Å². The van der Waals surface area contributed by atoms with E-state index in [1.807, 2.05) is 7.05 Å². The third-order valence-electron chi connectivity index (χ3n) is 3.98. The van der Waals surface area contributed by atoms with Crippen LogP contribution < -0.4 is 5.32 Å². The van der Waals surface area contributed by atoms with Crippen LogP contribution in [-0.4, -0.2) is 37.5 Å². The number of likely N-dealkylation sites (tertiary alicyclic amines) is 1. The molecule has 1 N–H and O–H groups in total. The maximum Gasteiger partial charge on any atom is 0.222 e. The lowest BCUT2D eigenvalue weighted by atomic mass is 9.93. The standard InChI is InChI=1S/C15H23BrN2OS.ClH/c1-17-7-4-12-5-8-18(9-6-12)15(19)3-2-14-10-13(16)11-20-14;/h10-12,17H,2-9H2,1H3;1H. The minimum absolute atomic E-state index is 0. The van der Waals surface area contributed by atoms with Crippen LogP contribution in [-0.2, 0) is 11.2 Å². The Balaban J connectivity index is 0.00000220. The highest BCUT2D eigenvalue weighted by Gasteiger charge is 2.22. The second kappa shape index (κ2) is 9.82. The number of amides is 1. The van der Waals surface area contributed by atoms with Crippen molar-refractivity contribution in [3.05, 3.63) is 20.8 Å². The van der Waals surface area contributed by atoms with Crippen LogP contribution in [0.15, 0.2) is 15.9 Å². The van der Waals surface area contributed by atoms with Gasteiger partial charge in [-0.1, -0.05) is 0 Å². The molecule has 0 radical (unpaired) electrons. The van der Waals surface area contributed by atoms with Crippen molar-refractivity contribution in [1.29, 1.82) is 0 Å². The van der Waals surface area contributed by atoms with E-state index in [0.717, 1.165) is 49.3 Å².